The molecule has 0 saturated heterocycles. The Labute approximate surface area is 348 Å². The van der Waals surface area contributed by atoms with Crippen molar-refractivity contribution in [1.29, 1.82) is 5.26 Å². The van der Waals surface area contributed by atoms with Crippen molar-refractivity contribution in [2.75, 3.05) is 0 Å². The van der Waals surface area contributed by atoms with Crippen LogP contribution in [0, 0.1) is 11.3 Å². The molecule has 9 aromatic carbocycles. The van der Waals surface area contributed by atoms with E-state index in [9.17, 15) is 5.26 Å². The van der Waals surface area contributed by atoms with Crippen LogP contribution in [0.1, 0.15) is 5.56 Å². The molecule has 0 amide bonds. The molecule has 11 rings (SSSR count). The van der Waals surface area contributed by atoms with Crippen LogP contribution in [0.2, 0.25) is 0 Å². The molecule has 0 unspecified atom stereocenters. The molecule has 4 heteroatoms. The number of hydrogen-bond donors (Lipinski definition) is 0. The van der Waals surface area contributed by atoms with E-state index in [2.05, 4.69) is 133 Å². The van der Waals surface area contributed by atoms with Gasteiger partial charge in [-0.3, -0.25) is 0 Å². The van der Waals surface area contributed by atoms with E-state index in [1.165, 1.54) is 38.6 Å². The standard InChI is InChI=1S/C56H34N4/c57-35-46-34-44(43-17-7-18-45(33-43)48-19-10-21-50-49-20-8-15-39-16-9-22-51(52(39)49)53(48)50)31-32-47(46)38-25-29-42(30-26-38)56-59-54(40-13-5-2-6-14-40)58-55(60-56)41-27-23-37(24-28-41)36-11-3-1-4-12-36/h1-34H. The molecule has 10 aromatic rings. The van der Waals surface area contributed by atoms with E-state index in [1.54, 1.807) is 0 Å². The molecule has 0 radical (unpaired) electrons. The number of rotatable bonds is 7. The second-order valence-electron chi connectivity index (χ2n) is 15.1. The lowest BCUT2D eigenvalue weighted by Gasteiger charge is -2.13. The molecule has 0 atom stereocenters. The van der Waals surface area contributed by atoms with Gasteiger partial charge >= 0.3 is 0 Å². The van der Waals surface area contributed by atoms with Gasteiger partial charge in [0, 0.05) is 16.7 Å². The highest BCUT2D eigenvalue weighted by Crippen LogP contribution is 2.51. The van der Waals surface area contributed by atoms with Crippen molar-refractivity contribution in [3.8, 4) is 107 Å². The molecule has 1 aliphatic carbocycles. The van der Waals surface area contributed by atoms with Crippen LogP contribution in [0.5, 0.6) is 0 Å². The molecule has 0 spiro atoms. The first-order valence-corrected chi connectivity index (χ1v) is 20.1. The normalized spacial score (nSPS) is 11.3. The summed E-state index contributed by atoms with van der Waals surface area (Å²) < 4.78 is 0. The first-order valence-electron chi connectivity index (χ1n) is 20.1. The third-order valence-corrected chi connectivity index (χ3v) is 11.5. The van der Waals surface area contributed by atoms with Gasteiger partial charge in [0.1, 0.15) is 0 Å². The molecular weight excluding hydrogens is 729 g/mol. The van der Waals surface area contributed by atoms with Gasteiger partial charge in [-0.15, -0.1) is 0 Å². The SMILES string of the molecule is N#Cc1cc(-c2cccc(-c3cccc4c3-c3cccc5cccc-4c35)c2)ccc1-c1ccc(-c2nc(-c3ccccc3)nc(-c3ccc(-c4ccccc4)cc3)n2)cc1. The Morgan fingerprint density at radius 3 is 1.42 bits per heavy atom. The Bertz CT molecular complexity index is 3290. The van der Waals surface area contributed by atoms with Crippen LogP contribution in [0.25, 0.3) is 112 Å². The summed E-state index contributed by atoms with van der Waals surface area (Å²) in [6.07, 6.45) is 0. The molecule has 1 aromatic heterocycles. The zero-order chi connectivity index (χ0) is 40.0. The maximum absolute atomic E-state index is 10.5. The topological polar surface area (TPSA) is 62.5 Å². The van der Waals surface area contributed by atoms with Gasteiger partial charge in [-0.2, -0.15) is 5.26 Å². The zero-order valence-corrected chi connectivity index (χ0v) is 32.4. The molecule has 0 N–H and O–H groups in total. The maximum Gasteiger partial charge on any atom is 0.164 e. The van der Waals surface area contributed by atoms with Crippen molar-refractivity contribution < 1.29 is 0 Å². The van der Waals surface area contributed by atoms with E-state index in [0.29, 0.717) is 23.0 Å². The lowest BCUT2D eigenvalue weighted by Crippen LogP contribution is -2.00. The number of benzene rings is 9. The lowest BCUT2D eigenvalue weighted by molar-refractivity contribution is 1.07. The number of nitriles is 1. The van der Waals surface area contributed by atoms with Crippen molar-refractivity contribution in [3.05, 3.63) is 212 Å². The quantitative estimate of drug-likeness (QED) is 0.162. The van der Waals surface area contributed by atoms with E-state index >= 15 is 0 Å². The van der Waals surface area contributed by atoms with E-state index in [0.717, 1.165) is 55.6 Å². The second-order valence-corrected chi connectivity index (χ2v) is 15.1. The maximum atomic E-state index is 10.5. The van der Waals surface area contributed by atoms with Crippen molar-refractivity contribution in [3.63, 3.8) is 0 Å². The Balaban J connectivity index is 0.911. The minimum atomic E-state index is 0.581. The van der Waals surface area contributed by atoms with Gasteiger partial charge in [0.2, 0.25) is 0 Å². The van der Waals surface area contributed by atoms with Crippen LogP contribution >= 0.6 is 0 Å². The molecule has 1 heterocycles. The van der Waals surface area contributed by atoms with Crippen molar-refractivity contribution in [2.24, 2.45) is 0 Å². The highest BCUT2D eigenvalue weighted by Gasteiger charge is 2.24. The van der Waals surface area contributed by atoms with Gasteiger partial charge < -0.3 is 0 Å². The molecule has 0 bridgehead atoms. The van der Waals surface area contributed by atoms with Crippen LogP contribution in [0.4, 0.5) is 0 Å². The molecule has 4 nitrogen and oxygen atoms in total. The lowest BCUT2D eigenvalue weighted by atomic mass is 9.90. The monoisotopic (exact) mass is 762 g/mol. The summed E-state index contributed by atoms with van der Waals surface area (Å²) in [6.45, 7) is 0. The summed E-state index contributed by atoms with van der Waals surface area (Å²) in [5, 5.41) is 13.0. The Hall–Kier alpha value is -8.26. The van der Waals surface area contributed by atoms with Gasteiger partial charge in [0.05, 0.1) is 11.6 Å². The van der Waals surface area contributed by atoms with Gasteiger partial charge in [0.25, 0.3) is 0 Å². The molecular formula is C56H34N4. The first kappa shape index (κ1) is 34.9. The molecule has 60 heavy (non-hydrogen) atoms. The fourth-order valence-electron chi connectivity index (χ4n) is 8.61. The second kappa shape index (κ2) is 14.6. The Morgan fingerprint density at radius 2 is 0.750 bits per heavy atom. The average molecular weight is 763 g/mol. The zero-order valence-electron chi connectivity index (χ0n) is 32.4. The summed E-state index contributed by atoms with van der Waals surface area (Å²) in [6, 6.07) is 73.9. The van der Waals surface area contributed by atoms with Crippen molar-refractivity contribution in [1.82, 2.24) is 15.0 Å². The van der Waals surface area contributed by atoms with Crippen LogP contribution in [-0.2, 0) is 0 Å². The predicted octanol–water partition coefficient (Wildman–Crippen LogP) is 14.2. The summed E-state index contributed by atoms with van der Waals surface area (Å²) in [4.78, 5) is 14.8. The third-order valence-electron chi connectivity index (χ3n) is 11.5. The molecule has 0 fully saturated rings. The molecule has 278 valence electrons. The summed E-state index contributed by atoms with van der Waals surface area (Å²) in [7, 11) is 0. The highest BCUT2D eigenvalue weighted by molar-refractivity contribution is 6.18. The molecule has 0 saturated carbocycles. The van der Waals surface area contributed by atoms with E-state index in [4.69, 9.17) is 15.0 Å². The van der Waals surface area contributed by atoms with E-state index < -0.39 is 0 Å². The van der Waals surface area contributed by atoms with Gasteiger partial charge in [-0.05, 0) is 89.7 Å². The van der Waals surface area contributed by atoms with Crippen LogP contribution in [0.15, 0.2) is 206 Å². The summed E-state index contributed by atoms with van der Waals surface area (Å²) >= 11 is 0. The Kier molecular flexibility index (Phi) is 8.50. The fraction of sp³-hybridized carbons (Fsp3) is 0. The van der Waals surface area contributed by atoms with Crippen molar-refractivity contribution >= 4 is 10.8 Å². The van der Waals surface area contributed by atoms with E-state index in [1.807, 2.05) is 78.9 Å². The third kappa shape index (κ3) is 6.14. The van der Waals surface area contributed by atoms with Crippen molar-refractivity contribution in [2.45, 2.75) is 0 Å². The van der Waals surface area contributed by atoms with Crippen LogP contribution in [0.3, 0.4) is 0 Å². The summed E-state index contributed by atoms with van der Waals surface area (Å²) in [5.41, 5.74) is 16.9. The number of fused-ring (bicyclic) bond motifs is 3. The van der Waals surface area contributed by atoms with Gasteiger partial charge in [-0.25, -0.2) is 15.0 Å². The minimum absolute atomic E-state index is 0.581. The Morgan fingerprint density at radius 1 is 0.300 bits per heavy atom. The number of hydrogen-bond acceptors (Lipinski definition) is 4. The molecule has 0 aliphatic heterocycles. The summed E-state index contributed by atoms with van der Waals surface area (Å²) in [5.74, 6) is 1.79. The molecule has 1 aliphatic rings. The van der Waals surface area contributed by atoms with Crippen LogP contribution in [-0.4, -0.2) is 15.0 Å². The highest BCUT2D eigenvalue weighted by atomic mass is 15.0. The number of aromatic nitrogens is 3. The first-order chi connectivity index (χ1) is 29.7. The number of nitrogens with zero attached hydrogens (tertiary/aromatic N) is 4. The van der Waals surface area contributed by atoms with E-state index in [-0.39, 0.29) is 0 Å². The van der Waals surface area contributed by atoms with Gasteiger partial charge in [-0.1, -0.05) is 194 Å². The predicted molar refractivity (Wildman–Crippen MR) is 245 cm³/mol. The minimum Gasteiger partial charge on any atom is -0.208 e. The smallest absolute Gasteiger partial charge is 0.164 e. The fourth-order valence-corrected chi connectivity index (χ4v) is 8.61. The van der Waals surface area contributed by atoms with Gasteiger partial charge in [0.15, 0.2) is 17.5 Å². The average Bonchev–Trinajstić information content (AvgIpc) is 3.67. The largest absolute Gasteiger partial charge is 0.208 e. The van der Waals surface area contributed by atoms with Crippen LogP contribution < -0.4 is 0 Å².